The molecule has 0 radical (unpaired) electrons. The highest BCUT2D eigenvalue weighted by molar-refractivity contribution is 7.80. The molecule has 0 bridgehead atoms. The highest BCUT2D eigenvalue weighted by atomic mass is 32.1. The number of hydrogen-bond acceptors (Lipinski definition) is 5. The number of esters is 1. The molecule has 0 aliphatic rings. The molecule has 0 atom stereocenters. The lowest BCUT2D eigenvalue weighted by atomic mass is 9.80. The maximum absolute atomic E-state index is 11.8. The molecule has 0 aromatic heterocycles. The molecule has 0 fully saturated rings. The summed E-state index contributed by atoms with van der Waals surface area (Å²) in [5.74, 6) is -0.144. The molecule has 0 heterocycles. The molecule has 0 saturated carbocycles. The second-order valence-corrected chi connectivity index (χ2v) is 4.40. The summed E-state index contributed by atoms with van der Waals surface area (Å²) >= 11 is 4.13. The average molecular weight is 274 g/mol. The van der Waals surface area contributed by atoms with Crippen molar-refractivity contribution < 1.29 is 19.6 Å². The van der Waals surface area contributed by atoms with Crippen LogP contribution >= 0.6 is 12.6 Å². The minimum absolute atomic E-state index is 0.333. The van der Waals surface area contributed by atoms with Crippen LogP contribution in [0.5, 0.6) is 5.75 Å². The third-order valence-electron chi connectivity index (χ3n) is 2.49. The van der Waals surface area contributed by atoms with E-state index >= 15 is 0 Å². The van der Waals surface area contributed by atoms with Gasteiger partial charge < -0.3 is 14.8 Å². The maximum Gasteiger partial charge on any atom is 0.488 e. The molecule has 19 heavy (non-hydrogen) atoms. The van der Waals surface area contributed by atoms with Gasteiger partial charge in [0.15, 0.2) is 0 Å². The molecule has 6 heteroatoms. The second-order valence-electron chi connectivity index (χ2n) is 3.88. The zero-order valence-electron chi connectivity index (χ0n) is 9.85. The van der Waals surface area contributed by atoms with Gasteiger partial charge in [-0.2, -0.15) is 0 Å². The molecule has 0 saturated heterocycles. The van der Waals surface area contributed by atoms with Gasteiger partial charge in [-0.15, -0.1) is 12.6 Å². The number of carbonyl (C=O) groups excluding carboxylic acids is 1. The van der Waals surface area contributed by atoms with Crippen molar-refractivity contribution in [2.45, 2.75) is 4.90 Å². The lowest BCUT2D eigenvalue weighted by Gasteiger charge is -2.05. The maximum atomic E-state index is 11.8. The van der Waals surface area contributed by atoms with E-state index in [0.717, 1.165) is 4.90 Å². The van der Waals surface area contributed by atoms with E-state index in [9.17, 15) is 4.79 Å². The van der Waals surface area contributed by atoms with Crippen molar-refractivity contribution in [3.63, 3.8) is 0 Å². The number of ether oxygens (including phenoxy) is 1. The van der Waals surface area contributed by atoms with E-state index in [4.69, 9.17) is 14.8 Å². The third kappa shape index (κ3) is 3.60. The van der Waals surface area contributed by atoms with E-state index in [0.29, 0.717) is 16.8 Å². The van der Waals surface area contributed by atoms with Crippen molar-refractivity contribution in [1.82, 2.24) is 0 Å². The summed E-state index contributed by atoms with van der Waals surface area (Å²) in [5.41, 5.74) is 0.753. The first-order valence-corrected chi connectivity index (χ1v) is 5.98. The lowest BCUT2D eigenvalue weighted by molar-refractivity contribution is 0.0734. The van der Waals surface area contributed by atoms with Gasteiger partial charge in [0.05, 0.1) is 5.56 Å². The Kier molecular flexibility index (Phi) is 4.26. The summed E-state index contributed by atoms with van der Waals surface area (Å²) in [6.07, 6.45) is 0. The second kappa shape index (κ2) is 5.92. The van der Waals surface area contributed by atoms with Gasteiger partial charge in [0.25, 0.3) is 0 Å². The smallest absolute Gasteiger partial charge is 0.423 e. The van der Waals surface area contributed by atoms with Crippen molar-refractivity contribution in [2.75, 3.05) is 0 Å². The fraction of sp³-hybridized carbons (Fsp3) is 0. The van der Waals surface area contributed by atoms with E-state index in [-0.39, 0.29) is 0 Å². The molecule has 0 unspecified atom stereocenters. The molecule has 0 aliphatic heterocycles. The Bertz CT molecular complexity index is 566. The van der Waals surface area contributed by atoms with Crippen LogP contribution < -0.4 is 10.2 Å². The minimum Gasteiger partial charge on any atom is -0.423 e. The van der Waals surface area contributed by atoms with Crippen LogP contribution in [0.25, 0.3) is 0 Å². The normalized spacial score (nSPS) is 10.1. The van der Waals surface area contributed by atoms with Crippen molar-refractivity contribution in [2.24, 2.45) is 0 Å². The Labute approximate surface area is 116 Å². The Morgan fingerprint density at radius 3 is 2.11 bits per heavy atom. The number of hydrogen-bond donors (Lipinski definition) is 3. The van der Waals surface area contributed by atoms with Crippen LogP contribution in [0.4, 0.5) is 0 Å². The first-order chi connectivity index (χ1) is 9.06. The summed E-state index contributed by atoms with van der Waals surface area (Å²) in [7, 11) is -1.53. The number of carbonyl (C=O) groups is 1. The molecule has 0 amide bonds. The molecule has 2 aromatic carbocycles. The number of benzene rings is 2. The van der Waals surface area contributed by atoms with Crippen molar-refractivity contribution >= 4 is 31.2 Å². The molecular weight excluding hydrogens is 263 g/mol. The Hall–Kier alpha value is -1.76. The topological polar surface area (TPSA) is 66.8 Å². The first kappa shape index (κ1) is 13.7. The van der Waals surface area contributed by atoms with Gasteiger partial charge >= 0.3 is 13.1 Å². The van der Waals surface area contributed by atoms with Gasteiger partial charge in [-0.3, -0.25) is 0 Å². The highest BCUT2D eigenvalue weighted by Gasteiger charge is 2.12. The predicted octanol–water partition coefficient (Wildman–Crippen LogP) is 0.874. The van der Waals surface area contributed by atoms with E-state index < -0.39 is 13.1 Å². The summed E-state index contributed by atoms with van der Waals surface area (Å²) in [6.45, 7) is 0. The van der Waals surface area contributed by atoms with Gasteiger partial charge in [-0.05, 0) is 41.9 Å². The van der Waals surface area contributed by atoms with Crippen LogP contribution in [0.15, 0.2) is 53.4 Å². The van der Waals surface area contributed by atoms with Crippen LogP contribution in [0.1, 0.15) is 10.4 Å². The van der Waals surface area contributed by atoms with Crippen molar-refractivity contribution in [1.29, 1.82) is 0 Å². The lowest BCUT2D eigenvalue weighted by Crippen LogP contribution is -2.29. The van der Waals surface area contributed by atoms with Gasteiger partial charge in [0.1, 0.15) is 5.75 Å². The molecule has 0 spiro atoms. The molecule has 2 N–H and O–H groups in total. The highest BCUT2D eigenvalue weighted by Crippen LogP contribution is 2.13. The van der Waals surface area contributed by atoms with Crippen molar-refractivity contribution in [3.8, 4) is 5.75 Å². The molecular formula is C13H11BO4S. The molecule has 4 nitrogen and oxygen atoms in total. The monoisotopic (exact) mass is 274 g/mol. The third-order valence-corrected chi connectivity index (χ3v) is 2.79. The zero-order chi connectivity index (χ0) is 13.8. The fourth-order valence-corrected chi connectivity index (χ4v) is 1.62. The van der Waals surface area contributed by atoms with E-state index in [2.05, 4.69) is 12.6 Å². The first-order valence-electron chi connectivity index (χ1n) is 5.53. The van der Waals surface area contributed by atoms with Gasteiger partial charge in [0, 0.05) is 4.90 Å². The van der Waals surface area contributed by atoms with Crippen LogP contribution in [0.3, 0.4) is 0 Å². The summed E-state index contributed by atoms with van der Waals surface area (Å²) in [6, 6.07) is 12.6. The SMILES string of the molecule is O=C(Oc1ccc(B(O)O)cc1)c1ccc(S)cc1. The van der Waals surface area contributed by atoms with Gasteiger partial charge in [-0.1, -0.05) is 12.1 Å². The number of rotatable bonds is 3. The molecule has 2 rings (SSSR count). The minimum atomic E-state index is -1.53. The number of thiol groups is 1. The van der Waals surface area contributed by atoms with Crippen LogP contribution in [-0.2, 0) is 0 Å². The summed E-state index contributed by atoms with van der Waals surface area (Å²) in [4.78, 5) is 12.6. The predicted molar refractivity (Wildman–Crippen MR) is 74.9 cm³/mol. The van der Waals surface area contributed by atoms with Gasteiger partial charge in [0.2, 0.25) is 0 Å². The Morgan fingerprint density at radius 2 is 1.58 bits per heavy atom. The van der Waals surface area contributed by atoms with E-state index in [1.54, 1.807) is 24.3 Å². The van der Waals surface area contributed by atoms with Crippen LogP contribution in [-0.4, -0.2) is 23.1 Å². The molecule has 2 aromatic rings. The van der Waals surface area contributed by atoms with Gasteiger partial charge in [-0.25, -0.2) is 4.79 Å². The summed E-state index contributed by atoms with van der Waals surface area (Å²) in [5, 5.41) is 17.9. The van der Waals surface area contributed by atoms with Crippen molar-refractivity contribution in [3.05, 3.63) is 54.1 Å². The standard InChI is InChI=1S/C13H11BO4S/c15-13(9-1-7-12(19)8-2-9)18-11-5-3-10(4-6-11)14(16)17/h1-8,16-17,19H. The fourth-order valence-electron chi connectivity index (χ4n) is 1.47. The Morgan fingerprint density at radius 1 is 1.00 bits per heavy atom. The quantitative estimate of drug-likeness (QED) is 0.336. The van der Waals surface area contributed by atoms with Crippen LogP contribution in [0, 0.1) is 0 Å². The Balaban J connectivity index is 2.08. The molecule has 96 valence electrons. The van der Waals surface area contributed by atoms with E-state index in [1.165, 1.54) is 24.3 Å². The largest absolute Gasteiger partial charge is 0.488 e. The zero-order valence-corrected chi connectivity index (χ0v) is 10.7. The van der Waals surface area contributed by atoms with Crippen LogP contribution in [0.2, 0.25) is 0 Å². The summed E-state index contributed by atoms with van der Waals surface area (Å²) < 4.78 is 5.15. The average Bonchev–Trinajstić information content (AvgIpc) is 2.40. The van der Waals surface area contributed by atoms with E-state index in [1.807, 2.05) is 0 Å². The molecule has 0 aliphatic carbocycles.